The van der Waals surface area contributed by atoms with Crippen LogP contribution < -0.4 is 5.32 Å². The third-order valence-electron chi connectivity index (χ3n) is 3.24. The number of hydrogen-bond acceptors (Lipinski definition) is 4. The minimum absolute atomic E-state index is 0.265. The standard InChI is InChI=1S/C16H13ClN4OS/c1-23-11-6-7-13(17)12(8-11)16(22)20-14-4-2-3-5-15(14)21-10-18-9-19-21/h2-10H,1H3,(H,20,22). The van der Waals surface area contributed by atoms with E-state index in [1.165, 1.54) is 6.33 Å². The predicted molar refractivity (Wildman–Crippen MR) is 92.5 cm³/mol. The van der Waals surface area contributed by atoms with Gasteiger partial charge in [-0.2, -0.15) is 5.10 Å². The quantitative estimate of drug-likeness (QED) is 0.729. The average molecular weight is 345 g/mol. The molecule has 3 aromatic rings. The van der Waals surface area contributed by atoms with Crippen LogP contribution >= 0.6 is 23.4 Å². The van der Waals surface area contributed by atoms with Crippen molar-refractivity contribution in [3.05, 3.63) is 65.7 Å². The van der Waals surface area contributed by atoms with E-state index >= 15 is 0 Å². The highest BCUT2D eigenvalue weighted by Crippen LogP contribution is 2.25. The van der Waals surface area contributed by atoms with Gasteiger partial charge in [-0.05, 0) is 36.6 Å². The van der Waals surface area contributed by atoms with Gasteiger partial charge in [0.25, 0.3) is 5.91 Å². The number of aromatic nitrogens is 3. The van der Waals surface area contributed by atoms with Gasteiger partial charge in [0.2, 0.25) is 0 Å². The Hall–Kier alpha value is -2.31. The van der Waals surface area contributed by atoms with Crippen LogP contribution in [0.25, 0.3) is 5.69 Å². The monoisotopic (exact) mass is 344 g/mol. The van der Waals surface area contributed by atoms with Crippen LogP contribution in [0.15, 0.2) is 60.0 Å². The molecule has 0 fully saturated rings. The molecule has 23 heavy (non-hydrogen) atoms. The van der Waals surface area contributed by atoms with E-state index in [0.29, 0.717) is 16.3 Å². The number of thioether (sulfide) groups is 1. The summed E-state index contributed by atoms with van der Waals surface area (Å²) in [5.74, 6) is -0.265. The molecule has 0 saturated carbocycles. The SMILES string of the molecule is CSc1ccc(Cl)c(C(=O)Nc2ccccc2-n2cncn2)c1. The van der Waals surface area contributed by atoms with Crippen LogP contribution in [-0.2, 0) is 0 Å². The van der Waals surface area contributed by atoms with Gasteiger partial charge in [0, 0.05) is 4.90 Å². The second kappa shape index (κ2) is 6.85. The Kier molecular flexibility index (Phi) is 4.64. The fourth-order valence-corrected chi connectivity index (χ4v) is 2.75. The van der Waals surface area contributed by atoms with Crippen molar-refractivity contribution in [1.82, 2.24) is 14.8 Å². The van der Waals surface area contributed by atoms with Crippen LogP contribution in [0.3, 0.4) is 0 Å². The molecule has 1 N–H and O–H groups in total. The second-order valence-corrected chi connectivity index (χ2v) is 5.94. The number of para-hydroxylation sites is 2. The highest BCUT2D eigenvalue weighted by molar-refractivity contribution is 7.98. The first-order chi connectivity index (χ1) is 11.2. The van der Waals surface area contributed by atoms with E-state index < -0.39 is 0 Å². The van der Waals surface area contributed by atoms with Crippen molar-refractivity contribution in [1.29, 1.82) is 0 Å². The zero-order valence-corrected chi connectivity index (χ0v) is 13.8. The molecule has 7 heteroatoms. The fraction of sp³-hybridized carbons (Fsp3) is 0.0625. The van der Waals surface area contributed by atoms with E-state index in [1.807, 2.05) is 30.5 Å². The lowest BCUT2D eigenvalue weighted by molar-refractivity contribution is 0.102. The van der Waals surface area contributed by atoms with Crippen molar-refractivity contribution >= 4 is 35.0 Å². The lowest BCUT2D eigenvalue weighted by atomic mass is 10.2. The van der Waals surface area contributed by atoms with Gasteiger partial charge in [-0.15, -0.1) is 11.8 Å². The molecule has 5 nitrogen and oxygen atoms in total. The summed E-state index contributed by atoms with van der Waals surface area (Å²) >= 11 is 7.71. The molecule has 0 aliphatic carbocycles. The normalized spacial score (nSPS) is 10.5. The van der Waals surface area contributed by atoms with Gasteiger partial charge in [-0.3, -0.25) is 4.79 Å². The van der Waals surface area contributed by atoms with Gasteiger partial charge in [0.15, 0.2) is 0 Å². The van der Waals surface area contributed by atoms with Crippen LogP contribution in [0.2, 0.25) is 5.02 Å². The van der Waals surface area contributed by atoms with Gasteiger partial charge in [-0.25, -0.2) is 9.67 Å². The lowest BCUT2D eigenvalue weighted by Crippen LogP contribution is -2.14. The number of rotatable bonds is 4. The minimum Gasteiger partial charge on any atom is -0.320 e. The van der Waals surface area contributed by atoms with E-state index in [1.54, 1.807) is 41.0 Å². The number of nitrogens with one attached hydrogen (secondary N) is 1. The molecule has 0 saturated heterocycles. The maximum Gasteiger partial charge on any atom is 0.257 e. The summed E-state index contributed by atoms with van der Waals surface area (Å²) in [7, 11) is 0. The number of carbonyl (C=O) groups is 1. The third-order valence-corrected chi connectivity index (χ3v) is 4.29. The molecule has 1 amide bonds. The molecule has 2 aromatic carbocycles. The maximum absolute atomic E-state index is 12.6. The lowest BCUT2D eigenvalue weighted by Gasteiger charge is -2.12. The van der Waals surface area contributed by atoms with E-state index in [9.17, 15) is 4.79 Å². The number of halogens is 1. The number of amides is 1. The third kappa shape index (κ3) is 3.38. The molecule has 0 bridgehead atoms. The topological polar surface area (TPSA) is 59.8 Å². The Balaban J connectivity index is 1.93. The van der Waals surface area contributed by atoms with Crippen LogP contribution in [-0.4, -0.2) is 26.9 Å². The van der Waals surface area contributed by atoms with E-state index in [4.69, 9.17) is 11.6 Å². The molecule has 116 valence electrons. The first-order valence-electron chi connectivity index (χ1n) is 6.78. The molecule has 0 spiro atoms. The second-order valence-electron chi connectivity index (χ2n) is 4.66. The Morgan fingerprint density at radius 2 is 2.09 bits per heavy atom. The van der Waals surface area contributed by atoms with E-state index in [0.717, 1.165) is 10.6 Å². The summed E-state index contributed by atoms with van der Waals surface area (Å²) in [6.07, 6.45) is 4.97. The van der Waals surface area contributed by atoms with Crippen molar-refractivity contribution in [2.75, 3.05) is 11.6 Å². The summed E-state index contributed by atoms with van der Waals surface area (Å²) in [6, 6.07) is 12.8. The molecule has 0 aliphatic heterocycles. The highest BCUT2D eigenvalue weighted by Gasteiger charge is 2.14. The molecular formula is C16H13ClN4OS. The summed E-state index contributed by atoms with van der Waals surface area (Å²) in [6.45, 7) is 0. The minimum atomic E-state index is -0.265. The average Bonchev–Trinajstić information content (AvgIpc) is 3.10. The smallest absolute Gasteiger partial charge is 0.257 e. The van der Waals surface area contributed by atoms with Crippen molar-refractivity contribution in [3.8, 4) is 5.69 Å². The summed E-state index contributed by atoms with van der Waals surface area (Å²) < 4.78 is 1.59. The van der Waals surface area contributed by atoms with Crippen LogP contribution in [0.5, 0.6) is 0 Å². The maximum atomic E-state index is 12.6. The van der Waals surface area contributed by atoms with E-state index in [2.05, 4.69) is 15.4 Å². The van der Waals surface area contributed by atoms with Gasteiger partial charge < -0.3 is 5.32 Å². The fourth-order valence-electron chi connectivity index (χ4n) is 2.11. The predicted octanol–water partition coefficient (Wildman–Crippen LogP) is 3.89. The Morgan fingerprint density at radius 1 is 1.26 bits per heavy atom. The molecule has 1 aromatic heterocycles. The molecule has 1 heterocycles. The van der Waals surface area contributed by atoms with Gasteiger partial charge in [0.05, 0.1) is 22.0 Å². The van der Waals surface area contributed by atoms with Crippen molar-refractivity contribution in [2.24, 2.45) is 0 Å². The van der Waals surface area contributed by atoms with Crippen molar-refractivity contribution in [2.45, 2.75) is 4.90 Å². The van der Waals surface area contributed by atoms with Gasteiger partial charge in [-0.1, -0.05) is 23.7 Å². The first-order valence-corrected chi connectivity index (χ1v) is 8.38. The van der Waals surface area contributed by atoms with Crippen LogP contribution in [0, 0.1) is 0 Å². The molecule has 0 radical (unpaired) electrons. The first kappa shape index (κ1) is 15.6. The highest BCUT2D eigenvalue weighted by atomic mass is 35.5. The summed E-state index contributed by atoms with van der Waals surface area (Å²) in [5, 5.41) is 7.40. The van der Waals surface area contributed by atoms with Gasteiger partial charge in [0.1, 0.15) is 12.7 Å². The number of hydrogen-bond donors (Lipinski definition) is 1. The van der Waals surface area contributed by atoms with E-state index in [-0.39, 0.29) is 5.91 Å². The largest absolute Gasteiger partial charge is 0.320 e. The molecule has 0 atom stereocenters. The number of nitrogens with zero attached hydrogens (tertiary/aromatic N) is 3. The number of carbonyl (C=O) groups excluding carboxylic acids is 1. The molecule has 0 unspecified atom stereocenters. The summed E-state index contributed by atoms with van der Waals surface area (Å²) in [4.78, 5) is 17.5. The zero-order valence-electron chi connectivity index (χ0n) is 12.2. The number of benzene rings is 2. The van der Waals surface area contributed by atoms with Crippen LogP contribution in [0.1, 0.15) is 10.4 Å². The molecular weight excluding hydrogens is 332 g/mol. The molecule has 0 aliphatic rings. The number of anilines is 1. The zero-order chi connectivity index (χ0) is 16.2. The Bertz CT molecular complexity index is 836. The Morgan fingerprint density at radius 3 is 2.83 bits per heavy atom. The summed E-state index contributed by atoms with van der Waals surface area (Å²) in [5.41, 5.74) is 1.80. The van der Waals surface area contributed by atoms with Crippen molar-refractivity contribution in [3.63, 3.8) is 0 Å². The van der Waals surface area contributed by atoms with Crippen molar-refractivity contribution < 1.29 is 4.79 Å². The Labute approximate surface area is 142 Å². The van der Waals surface area contributed by atoms with Gasteiger partial charge >= 0.3 is 0 Å². The molecule has 3 rings (SSSR count). The van der Waals surface area contributed by atoms with Crippen LogP contribution in [0.4, 0.5) is 5.69 Å².